The van der Waals surface area contributed by atoms with Crippen LogP contribution in [-0.4, -0.2) is 76.4 Å². The van der Waals surface area contributed by atoms with Gasteiger partial charge in [-0.15, -0.1) is 0 Å². The van der Waals surface area contributed by atoms with E-state index in [-0.39, 0.29) is 25.0 Å². The Balaban J connectivity index is 1.52. The van der Waals surface area contributed by atoms with Crippen LogP contribution in [0.1, 0.15) is 32.6 Å². The van der Waals surface area contributed by atoms with Crippen LogP contribution in [0.25, 0.3) is 0 Å². The van der Waals surface area contributed by atoms with Crippen LogP contribution in [0.15, 0.2) is 15.0 Å². The minimum absolute atomic E-state index is 0.146. The standard InChI is InChI=1S/C15H23N5O3/c1-2-15(6-21)10(22)5-11(23-15)20-8-18-12-13(19-9-3-4-9)16-7-17-14(12)20/h7-12,14,21-22H,2-6H2,1H3,(H,16,17,19)/t10-,11+,12?,14?,15+/m0/s1. The first kappa shape index (κ1) is 15.0. The van der Waals surface area contributed by atoms with E-state index >= 15 is 0 Å². The number of aliphatic hydroxyl groups excluding tert-OH is 2. The lowest BCUT2D eigenvalue weighted by atomic mass is 9.95. The molecule has 0 radical (unpaired) electrons. The van der Waals surface area contributed by atoms with Gasteiger partial charge in [-0.1, -0.05) is 6.92 Å². The molecule has 3 N–H and O–H groups in total. The van der Waals surface area contributed by atoms with Crippen LogP contribution < -0.4 is 5.32 Å². The van der Waals surface area contributed by atoms with Crippen molar-refractivity contribution in [1.29, 1.82) is 0 Å². The summed E-state index contributed by atoms with van der Waals surface area (Å²) in [6.45, 7) is 1.71. The van der Waals surface area contributed by atoms with Gasteiger partial charge in [-0.3, -0.25) is 9.98 Å². The van der Waals surface area contributed by atoms with Crippen molar-refractivity contribution in [1.82, 2.24) is 10.2 Å². The Morgan fingerprint density at radius 3 is 2.96 bits per heavy atom. The molecule has 23 heavy (non-hydrogen) atoms. The zero-order valence-electron chi connectivity index (χ0n) is 13.2. The van der Waals surface area contributed by atoms with E-state index in [1.807, 2.05) is 11.8 Å². The molecule has 0 aromatic carbocycles. The average Bonchev–Trinajstić information content (AvgIpc) is 3.16. The fourth-order valence-electron chi connectivity index (χ4n) is 3.41. The summed E-state index contributed by atoms with van der Waals surface area (Å²) in [6.07, 6.45) is 5.44. The molecule has 8 nitrogen and oxygen atoms in total. The Kier molecular flexibility index (Phi) is 3.62. The highest BCUT2D eigenvalue weighted by atomic mass is 16.6. The number of fused-ring (bicyclic) bond motifs is 1. The van der Waals surface area contributed by atoms with Gasteiger partial charge in [0.05, 0.1) is 31.4 Å². The van der Waals surface area contributed by atoms with Crippen LogP contribution in [0.2, 0.25) is 0 Å². The molecule has 1 saturated carbocycles. The van der Waals surface area contributed by atoms with Crippen LogP contribution in [0.3, 0.4) is 0 Å². The molecule has 0 bridgehead atoms. The molecule has 3 heterocycles. The number of nitrogens with one attached hydrogen (secondary N) is 1. The molecule has 1 saturated heterocycles. The zero-order valence-corrected chi connectivity index (χ0v) is 13.2. The van der Waals surface area contributed by atoms with E-state index in [0.717, 1.165) is 18.7 Å². The number of amidine groups is 1. The van der Waals surface area contributed by atoms with Crippen molar-refractivity contribution < 1.29 is 14.9 Å². The summed E-state index contributed by atoms with van der Waals surface area (Å²) in [5, 5.41) is 23.1. The summed E-state index contributed by atoms with van der Waals surface area (Å²) in [7, 11) is 0. The molecule has 4 rings (SSSR count). The van der Waals surface area contributed by atoms with Gasteiger partial charge in [-0.05, 0) is 19.3 Å². The molecule has 2 unspecified atom stereocenters. The van der Waals surface area contributed by atoms with Crippen LogP contribution in [0.5, 0.6) is 0 Å². The lowest BCUT2D eigenvalue weighted by Gasteiger charge is -2.34. The SMILES string of the molecule is CC[C@]1(CO)O[C@@H](N2C=NC3C(=NC4CC4)NC=NC32)C[C@@H]1O. The van der Waals surface area contributed by atoms with Crippen molar-refractivity contribution >= 4 is 18.5 Å². The second-order valence-electron chi connectivity index (χ2n) is 6.64. The number of aliphatic imine (C=N–C) groups is 3. The molecule has 4 aliphatic rings. The van der Waals surface area contributed by atoms with Crippen molar-refractivity contribution in [3.05, 3.63) is 0 Å². The predicted molar refractivity (Wildman–Crippen MR) is 85.6 cm³/mol. The molecule has 0 spiro atoms. The molecular weight excluding hydrogens is 298 g/mol. The van der Waals surface area contributed by atoms with E-state index in [9.17, 15) is 10.2 Å². The van der Waals surface area contributed by atoms with Gasteiger partial charge < -0.3 is 25.2 Å². The van der Waals surface area contributed by atoms with Gasteiger partial charge in [0.2, 0.25) is 0 Å². The molecule has 2 fully saturated rings. The first-order valence-electron chi connectivity index (χ1n) is 8.30. The van der Waals surface area contributed by atoms with Gasteiger partial charge in [0, 0.05) is 6.42 Å². The summed E-state index contributed by atoms with van der Waals surface area (Å²) in [5.41, 5.74) is -0.891. The van der Waals surface area contributed by atoms with Crippen molar-refractivity contribution in [2.45, 2.75) is 68.8 Å². The summed E-state index contributed by atoms with van der Waals surface area (Å²) in [5.74, 6) is 0.855. The topological polar surface area (TPSA) is 102 Å². The highest BCUT2D eigenvalue weighted by Gasteiger charge is 2.51. The molecule has 8 heteroatoms. The van der Waals surface area contributed by atoms with E-state index in [4.69, 9.17) is 4.74 Å². The summed E-state index contributed by atoms with van der Waals surface area (Å²) < 4.78 is 6.02. The molecule has 0 aromatic heterocycles. The lowest BCUT2D eigenvalue weighted by Crippen LogP contribution is -2.51. The third-order valence-electron chi connectivity index (χ3n) is 5.14. The van der Waals surface area contributed by atoms with Crippen LogP contribution >= 0.6 is 0 Å². The van der Waals surface area contributed by atoms with Gasteiger partial charge in [0.15, 0.2) is 6.17 Å². The first-order valence-corrected chi connectivity index (χ1v) is 8.30. The fourth-order valence-corrected chi connectivity index (χ4v) is 3.41. The third-order valence-corrected chi connectivity index (χ3v) is 5.14. The molecule has 1 aliphatic carbocycles. The maximum Gasteiger partial charge on any atom is 0.155 e. The summed E-state index contributed by atoms with van der Waals surface area (Å²) in [6, 6.07) is 0.271. The van der Waals surface area contributed by atoms with Crippen LogP contribution in [0.4, 0.5) is 0 Å². The smallest absolute Gasteiger partial charge is 0.155 e. The van der Waals surface area contributed by atoms with E-state index in [1.54, 1.807) is 12.7 Å². The largest absolute Gasteiger partial charge is 0.393 e. The Labute approximate surface area is 135 Å². The number of hydrogen-bond donors (Lipinski definition) is 3. The highest BCUT2D eigenvalue weighted by molar-refractivity contribution is 6.00. The summed E-state index contributed by atoms with van der Waals surface area (Å²) >= 11 is 0. The second-order valence-corrected chi connectivity index (χ2v) is 6.64. The fraction of sp³-hybridized carbons (Fsp3) is 0.800. The lowest BCUT2D eigenvalue weighted by molar-refractivity contribution is -0.138. The molecule has 5 atom stereocenters. The molecule has 126 valence electrons. The van der Waals surface area contributed by atoms with E-state index in [2.05, 4.69) is 20.3 Å². The monoisotopic (exact) mass is 321 g/mol. The first-order chi connectivity index (χ1) is 11.2. The maximum absolute atomic E-state index is 10.3. The number of ether oxygens (including phenoxy) is 1. The van der Waals surface area contributed by atoms with Crippen molar-refractivity contribution in [3.63, 3.8) is 0 Å². The van der Waals surface area contributed by atoms with E-state index in [0.29, 0.717) is 18.9 Å². The molecular formula is C15H23N5O3. The van der Waals surface area contributed by atoms with Gasteiger partial charge in [0.1, 0.15) is 23.7 Å². The van der Waals surface area contributed by atoms with Crippen molar-refractivity contribution in [2.75, 3.05) is 6.61 Å². The number of aliphatic hydroxyl groups is 2. The Morgan fingerprint density at radius 2 is 2.30 bits per heavy atom. The third kappa shape index (κ3) is 2.45. The molecule has 0 aromatic rings. The van der Waals surface area contributed by atoms with Gasteiger partial charge in [-0.2, -0.15) is 0 Å². The zero-order chi connectivity index (χ0) is 16.0. The minimum Gasteiger partial charge on any atom is -0.393 e. The number of rotatable bonds is 4. The van der Waals surface area contributed by atoms with Gasteiger partial charge in [0.25, 0.3) is 0 Å². The quantitative estimate of drug-likeness (QED) is 0.646. The molecule has 3 aliphatic heterocycles. The number of nitrogens with zero attached hydrogens (tertiary/aromatic N) is 4. The van der Waals surface area contributed by atoms with Crippen LogP contribution in [-0.2, 0) is 4.74 Å². The maximum atomic E-state index is 10.3. The Morgan fingerprint density at radius 1 is 1.48 bits per heavy atom. The normalized spacial score (nSPS) is 44.0. The van der Waals surface area contributed by atoms with E-state index in [1.165, 1.54) is 0 Å². The average molecular weight is 321 g/mol. The van der Waals surface area contributed by atoms with E-state index < -0.39 is 11.7 Å². The van der Waals surface area contributed by atoms with Crippen molar-refractivity contribution in [3.8, 4) is 0 Å². The summed E-state index contributed by atoms with van der Waals surface area (Å²) in [4.78, 5) is 15.6. The number of hydrogen-bond acceptors (Lipinski definition) is 7. The minimum atomic E-state index is -0.891. The van der Waals surface area contributed by atoms with Gasteiger partial charge >= 0.3 is 0 Å². The van der Waals surface area contributed by atoms with Crippen LogP contribution in [0, 0.1) is 0 Å². The Bertz CT molecular complexity index is 555. The predicted octanol–water partition coefficient (Wildman–Crippen LogP) is -0.534. The molecule has 0 amide bonds. The van der Waals surface area contributed by atoms with Gasteiger partial charge in [-0.25, -0.2) is 4.99 Å². The highest BCUT2D eigenvalue weighted by Crippen LogP contribution is 2.37. The Hall–Kier alpha value is -1.51. The van der Waals surface area contributed by atoms with Crippen molar-refractivity contribution in [2.24, 2.45) is 15.0 Å². The second kappa shape index (κ2) is 5.54.